The molecule has 5 heteroatoms. The zero-order valence-electron chi connectivity index (χ0n) is 12.1. The molecule has 0 radical (unpaired) electrons. The number of ether oxygens (including phenoxy) is 1. The summed E-state index contributed by atoms with van der Waals surface area (Å²) in [5, 5.41) is 6.39. The smallest absolute Gasteiger partial charge is 0.150 e. The van der Waals surface area contributed by atoms with Gasteiger partial charge in [0.15, 0.2) is 6.23 Å². The van der Waals surface area contributed by atoms with Gasteiger partial charge in [-0.3, -0.25) is 0 Å². The monoisotopic (exact) mass is 378 g/mol. The average Bonchev–Trinajstić information content (AvgIpc) is 3.18. The van der Waals surface area contributed by atoms with Gasteiger partial charge in [0.05, 0.1) is 11.7 Å². The van der Waals surface area contributed by atoms with E-state index in [4.69, 9.17) is 22.8 Å². The van der Waals surface area contributed by atoms with Gasteiger partial charge in [-0.25, -0.2) is 4.68 Å². The molecule has 22 heavy (non-hydrogen) atoms. The Kier molecular flexibility index (Phi) is 3.68. The highest BCUT2D eigenvalue weighted by Crippen LogP contribution is 2.53. The van der Waals surface area contributed by atoms with Crippen LogP contribution in [0.15, 0.2) is 16.7 Å². The van der Waals surface area contributed by atoms with Gasteiger partial charge >= 0.3 is 0 Å². The molecule has 3 nitrogen and oxygen atoms in total. The topological polar surface area (TPSA) is 27.1 Å². The van der Waals surface area contributed by atoms with E-state index in [0.717, 1.165) is 51.8 Å². The summed E-state index contributed by atoms with van der Waals surface area (Å²) in [6, 6.07) is 2.01. The van der Waals surface area contributed by atoms with Gasteiger partial charge in [0.25, 0.3) is 0 Å². The van der Waals surface area contributed by atoms with E-state index < -0.39 is 0 Å². The van der Waals surface area contributed by atoms with E-state index in [1.807, 2.05) is 16.9 Å². The molecular formula is C17H16BrClN2O. The molecule has 1 saturated carbocycles. The first-order valence-corrected chi connectivity index (χ1v) is 8.80. The minimum absolute atomic E-state index is 0.0134. The van der Waals surface area contributed by atoms with Gasteiger partial charge in [0, 0.05) is 33.3 Å². The lowest BCUT2D eigenvalue weighted by Gasteiger charge is -2.23. The molecule has 0 N–H and O–H groups in total. The Morgan fingerprint density at radius 3 is 3.00 bits per heavy atom. The van der Waals surface area contributed by atoms with Crippen molar-refractivity contribution < 1.29 is 4.74 Å². The van der Waals surface area contributed by atoms with E-state index in [2.05, 4.69) is 26.9 Å². The van der Waals surface area contributed by atoms with Crippen LogP contribution in [0.1, 0.15) is 43.4 Å². The summed E-state index contributed by atoms with van der Waals surface area (Å²) in [6.07, 6.45) is 11.7. The first-order valence-electron chi connectivity index (χ1n) is 7.63. The van der Waals surface area contributed by atoms with Crippen LogP contribution in [0, 0.1) is 18.3 Å². The standard InChI is InChI=1S/C17H16BrClN2O/c1-2-10-7-11(10)16-13(19)8-14-12(17(16)18)9-20-21(14)15-5-3-4-6-22-15/h1,8-11,15H,3-7H2/t10-,11+,15-/m1/s1. The third kappa shape index (κ3) is 2.27. The number of rotatable bonds is 2. The molecule has 4 rings (SSSR count). The highest BCUT2D eigenvalue weighted by atomic mass is 79.9. The molecule has 0 unspecified atom stereocenters. The number of terminal acetylenes is 1. The van der Waals surface area contributed by atoms with Crippen LogP contribution in [-0.4, -0.2) is 16.4 Å². The Bertz CT molecular complexity index is 773. The lowest BCUT2D eigenvalue weighted by atomic mass is 10.1. The summed E-state index contributed by atoms with van der Waals surface area (Å²) in [5.74, 6) is 3.50. The van der Waals surface area contributed by atoms with Crippen molar-refractivity contribution in [3.8, 4) is 12.3 Å². The van der Waals surface area contributed by atoms with Crippen molar-refractivity contribution in [2.75, 3.05) is 6.61 Å². The first kappa shape index (κ1) is 14.6. The molecule has 114 valence electrons. The molecule has 0 amide bonds. The fourth-order valence-electron chi connectivity index (χ4n) is 3.32. The van der Waals surface area contributed by atoms with Gasteiger partial charge in [-0.05, 0) is 53.2 Å². The van der Waals surface area contributed by atoms with Crippen molar-refractivity contribution in [1.82, 2.24) is 9.78 Å². The Morgan fingerprint density at radius 1 is 1.45 bits per heavy atom. The van der Waals surface area contributed by atoms with Gasteiger partial charge in [0.2, 0.25) is 0 Å². The molecule has 1 aliphatic carbocycles. The van der Waals surface area contributed by atoms with Gasteiger partial charge in [-0.1, -0.05) is 11.6 Å². The second-order valence-electron chi connectivity index (χ2n) is 6.04. The number of nitrogens with zero attached hydrogens (tertiary/aromatic N) is 2. The van der Waals surface area contributed by atoms with Crippen LogP contribution in [-0.2, 0) is 4.74 Å². The molecule has 1 aromatic carbocycles. The molecule has 0 bridgehead atoms. The molecule has 2 fully saturated rings. The third-order valence-corrected chi connectivity index (χ3v) is 5.80. The predicted molar refractivity (Wildman–Crippen MR) is 91.0 cm³/mol. The minimum atomic E-state index is 0.0134. The molecule has 1 aromatic heterocycles. The number of halogens is 2. The summed E-state index contributed by atoms with van der Waals surface area (Å²) in [5.41, 5.74) is 2.15. The van der Waals surface area contributed by atoms with E-state index in [1.165, 1.54) is 6.42 Å². The van der Waals surface area contributed by atoms with Crippen LogP contribution in [0.4, 0.5) is 0 Å². The van der Waals surface area contributed by atoms with Crippen molar-refractivity contribution in [2.24, 2.45) is 5.92 Å². The van der Waals surface area contributed by atoms with Gasteiger partial charge < -0.3 is 4.74 Å². The van der Waals surface area contributed by atoms with E-state index in [1.54, 1.807) is 0 Å². The van der Waals surface area contributed by atoms with Crippen LogP contribution < -0.4 is 0 Å². The fourth-order valence-corrected chi connectivity index (χ4v) is 4.58. The average molecular weight is 380 g/mol. The van der Waals surface area contributed by atoms with E-state index in [9.17, 15) is 0 Å². The van der Waals surface area contributed by atoms with E-state index in [0.29, 0.717) is 11.8 Å². The second kappa shape index (κ2) is 5.56. The molecular weight excluding hydrogens is 364 g/mol. The lowest BCUT2D eigenvalue weighted by molar-refractivity contribution is -0.0366. The fraction of sp³-hybridized carbons (Fsp3) is 0.471. The Hall–Kier alpha value is -1.02. The molecule has 0 spiro atoms. The maximum absolute atomic E-state index is 6.55. The molecule has 3 atom stereocenters. The third-order valence-electron chi connectivity index (χ3n) is 4.63. The molecule has 1 saturated heterocycles. The SMILES string of the molecule is C#C[C@@H]1C[C@@H]1c1c(Cl)cc2c(cnn2[C@H]2CCCCO2)c1Br. The Labute approximate surface area is 143 Å². The normalized spacial score (nSPS) is 27.8. The van der Waals surface area contributed by atoms with Crippen molar-refractivity contribution in [2.45, 2.75) is 37.8 Å². The molecule has 2 heterocycles. The maximum atomic E-state index is 6.55. The van der Waals surface area contributed by atoms with Crippen LogP contribution in [0.25, 0.3) is 10.9 Å². The van der Waals surface area contributed by atoms with Gasteiger partial charge in [-0.15, -0.1) is 12.3 Å². The lowest BCUT2D eigenvalue weighted by Crippen LogP contribution is -2.18. The van der Waals surface area contributed by atoms with Crippen molar-refractivity contribution >= 4 is 38.4 Å². The van der Waals surface area contributed by atoms with Crippen molar-refractivity contribution in [3.63, 3.8) is 0 Å². The van der Waals surface area contributed by atoms with Gasteiger partial charge in [0.1, 0.15) is 0 Å². The number of fused-ring (bicyclic) bond motifs is 1. The maximum Gasteiger partial charge on any atom is 0.150 e. The summed E-state index contributed by atoms with van der Waals surface area (Å²) in [6.45, 7) is 0.797. The predicted octanol–water partition coefficient (Wildman–Crippen LogP) is 4.89. The summed E-state index contributed by atoms with van der Waals surface area (Å²) < 4.78 is 8.84. The largest absolute Gasteiger partial charge is 0.356 e. The van der Waals surface area contributed by atoms with Crippen molar-refractivity contribution in [3.05, 3.63) is 27.3 Å². The highest BCUT2D eigenvalue weighted by molar-refractivity contribution is 9.10. The minimum Gasteiger partial charge on any atom is -0.356 e. The summed E-state index contributed by atoms with van der Waals surface area (Å²) >= 11 is 10.3. The molecule has 2 aromatic rings. The number of hydrogen-bond donors (Lipinski definition) is 0. The molecule has 2 aliphatic rings. The first-order chi connectivity index (χ1) is 10.7. The van der Waals surface area contributed by atoms with Gasteiger partial charge in [-0.2, -0.15) is 5.10 Å². The van der Waals surface area contributed by atoms with E-state index in [-0.39, 0.29) is 6.23 Å². The molecule has 1 aliphatic heterocycles. The van der Waals surface area contributed by atoms with Crippen LogP contribution in [0.2, 0.25) is 5.02 Å². The highest BCUT2D eigenvalue weighted by Gasteiger charge is 2.40. The Morgan fingerprint density at radius 2 is 2.32 bits per heavy atom. The summed E-state index contributed by atoms with van der Waals surface area (Å²) in [4.78, 5) is 0. The zero-order valence-corrected chi connectivity index (χ0v) is 14.4. The second-order valence-corrected chi connectivity index (χ2v) is 7.24. The zero-order chi connectivity index (χ0) is 15.3. The number of hydrogen-bond acceptors (Lipinski definition) is 2. The number of benzene rings is 1. The van der Waals surface area contributed by atoms with E-state index >= 15 is 0 Å². The van der Waals surface area contributed by atoms with Crippen LogP contribution in [0.3, 0.4) is 0 Å². The Balaban J connectivity index is 1.79. The quantitative estimate of drug-likeness (QED) is 0.695. The van der Waals surface area contributed by atoms with Crippen LogP contribution >= 0.6 is 27.5 Å². The van der Waals surface area contributed by atoms with Crippen molar-refractivity contribution in [1.29, 1.82) is 0 Å². The summed E-state index contributed by atoms with van der Waals surface area (Å²) in [7, 11) is 0. The van der Waals surface area contributed by atoms with Crippen LogP contribution in [0.5, 0.6) is 0 Å². The number of aromatic nitrogens is 2.